The molecule has 0 saturated carbocycles. The van der Waals surface area contributed by atoms with Gasteiger partial charge in [0, 0.05) is 37.1 Å². The fourth-order valence-electron chi connectivity index (χ4n) is 4.59. The molecule has 2 aliphatic rings. The first-order valence-electron chi connectivity index (χ1n) is 11.7. The molecule has 0 aliphatic carbocycles. The monoisotopic (exact) mass is 489 g/mol. The van der Waals surface area contributed by atoms with E-state index in [0.717, 1.165) is 12.1 Å². The van der Waals surface area contributed by atoms with Crippen LogP contribution < -0.4 is 5.32 Å². The van der Waals surface area contributed by atoms with Crippen LogP contribution in [0.25, 0.3) is 0 Å². The number of likely N-dealkylation sites (tertiary alicyclic amines) is 1. The first-order chi connectivity index (χ1) is 15.9. The number of benzene rings is 2. The minimum absolute atomic E-state index is 0.000653. The molecule has 2 aliphatic heterocycles. The van der Waals surface area contributed by atoms with E-state index in [4.69, 9.17) is 11.6 Å². The highest BCUT2D eigenvalue weighted by atomic mass is 35.5. The lowest BCUT2D eigenvalue weighted by Crippen LogP contribution is -2.43. The summed E-state index contributed by atoms with van der Waals surface area (Å²) in [5.41, 5.74) is 2.98. The molecule has 178 valence electrons. The van der Waals surface area contributed by atoms with Gasteiger partial charge in [0.2, 0.25) is 15.9 Å². The van der Waals surface area contributed by atoms with Crippen molar-refractivity contribution in [1.29, 1.82) is 0 Å². The molecule has 2 saturated heterocycles. The maximum atomic E-state index is 12.8. The van der Waals surface area contributed by atoms with E-state index in [2.05, 4.69) is 34.5 Å². The molecule has 0 spiro atoms. The van der Waals surface area contributed by atoms with Crippen LogP contribution in [0.15, 0.2) is 48.5 Å². The quantitative estimate of drug-likeness (QED) is 0.612. The van der Waals surface area contributed by atoms with Crippen LogP contribution in [0.5, 0.6) is 0 Å². The molecule has 0 unspecified atom stereocenters. The van der Waals surface area contributed by atoms with Crippen molar-refractivity contribution in [3.63, 3.8) is 0 Å². The highest BCUT2D eigenvalue weighted by molar-refractivity contribution is 7.88. The van der Waals surface area contributed by atoms with Crippen LogP contribution in [0.3, 0.4) is 0 Å². The zero-order valence-corrected chi connectivity index (χ0v) is 20.5. The number of nitrogens with one attached hydrogen (secondary N) is 1. The zero-order valence-electron chi connectivity index (χ0n) is 18.9. The normalized spacial score (nSPS) is 18.5. The molecule has 2 fully saturated rings. The van der Waals surface area contributed by atoms with Crippen molar-refractivity contribution in [3.8, 4) is 0 Å². The molecule has 1 N–H and O–H groups in total. The average molecular weight is 490 g/mol. The van der Waals surface area contributed by atoms with Gasteiger partial charge in [0.25, 0.3) is 0 Å². The Morgan fingerprint density at radius 1 is 0.939 bits per heavy atom. The smallest absolute Gasteiger partial charge is 0.223 e. The summed E-state index contributed by atoms with van der Waals surface area (Å²) < 4.78 is 27.1. The first-order valence-corrected chi connectivity index (χ1v) is 13.7. The summed E-state index contributed by atoms with van der Waals surface area (Å²) in [6.07, 6.45) is 3.64. The van der Waals surface area contributed by atoms with Gasteiger partial charge in [0.15, 0.2) is 0 Å². The van der Waals surface area contributed by atoms with E-state index in [9.17, 15) is 13.2 Å². The lowest BCUT2D eigenvalue weighted by Gasteiger charge is -2.30. The van der Waals surface area contributed by atoms with Gasteiger partial charge in [-0.25, -0.2) is 12.7 Å². The second kappa shape index (κ2) is 11.0. The number of nitrogens with zero attached hydrogens (tertiary/aromatic N) is 2. The molecular formula is C25H32ClN3O3S. The van der Waals surface area contributed by atoms with E-state index in [1.807, 2.05) is 0 Å². The molecule has 0 aromatic heterocycles. The maximum absolute atomic E-state index is 12.8. The van der Waals surface area contributed by atoms with Crippen molar-refractivity contribution in [3.05, 3.63) is 70.2 Å². The van der Waals surface area contributed by atoms with Crippen LogP contribution in [0.2, 0.25) is 5.02 Å². The van der Waals surface area contributed by atoms with Crippen molar-refractivity contribution >= 4 is 27.5 Å². The van der Waals surface area contributed by atoms with Crippen molar-refractivity contribution in [2.45, 2.75) is 44.5 Å². The van der Waals surface area contributed by atoms with E-state index >= 15 is 0 Å². The number of carbonyl (C=O) groups is 1. The van der Waals surface area contributed by atoms with Gasteiger partial charge in [-0.3, -0.25) is 9.69 Å². The molecule has 2 heterocycles. The summed E-state index contributed by atoms with van der Waals surface area (Å²) in [4.78, 5) is 15.1. The predicted octanol–water partition coefficient (Wildman–Crippen LogP) is 3.79. The third-order valence-corrected chi connectivity index (χ3v) is 8.80. The Bertz CT molecular complexity index is 1040. The standard InChI is InChI=1S/C25H32ClN3O3S/c26-24-6-2-1-5-23(24)19-33(31,32)29-15-11-22(12-16-29)25(30)27-17-20-7-9-21(10-8-20)18-28-13-3-4-14-28/h1-2,5-10,22H,3-4,11-19H2,(H,27,30). The third kappa shape index (κ3) is 6.57. The van der Waals surface area contributed by atoms with Gasteiger partial charge in [-0.05, 0) is 61.5 Å². The number of sulfonamides is 1. The van der Waals surface area contributed by atoms with Crippen molar-refractivity contribution in [1.82, 2.24) is 14.5 Å². The number of piperidine rings is 1. The third-order valence-electron chi connectivity index (χ3n) is 6.61. The van der Waals surface area contributed by atoms with Crippen molar-refractivity contribution in [2.75, 3.05) is 26.2 Å². The average Bonchev–Trinajstić information content (AvgIpc) is 3.33. The Labute approximate surface area is 202 Å². The molecule has 2 aromatic carbocycles. The van der Waals surface area contributed by atoms with Crippen LogP contribution in [-0.2, 0) is 33.7 Å². The van der Waals surface area contributed by atoms with E-state index in [1.165, 1.54) is 35.8 Å². The fraction of sp³-hybridized carbons (Fsp3) is 0.480. The van der Waals surface area contributed by atoms with Crippen molar-refractivity contribution in [2.24, 2.45) is 5.92 Å². The minimum atomic E-state index is -3.46. The minimum Gasteiger partial charge on any atom is -0.352 e. The van der Waals surface area contributed by atoms with Crippen LogP contribution in [-0.4, -0.2) is 49.7 Å². The lowest BCUT2D eigenvalue weighted by atomic mass is 9.97. The molecule has 33 heavy (non-hydrogen) atoms. The SMILES string of the molecule is O=C(NCc1ccc(CN2CCCC2)cc1)C1CCN(S(=O)(=O)Cc2ccccc2Cl)CC1. The highest BCUT2D eigenvalue weighted by Gasteiger charge is 2.31. The van der Waals surface area contributed by atoms with E-state index in [0.29, 0.717) is 43.1 Å². The zero-order chi connectivity index (χ0) is 23.3. The van der Waals surface area contributed by atoms with Crippen LogP contribution >= 0.6 is 11.6 Å². The molecule has 0 atom stereocenters. The Balaban J connectivity index is 1.22. The number of halogens is 1. The first kappa shape index (κ1) is 24.2. The summed E-state index contributed by atoms with van der Waals surface area (Å²) in [5.74, 6) is -0.275. The second-order valence-corrected chi connectivity index (χ2v) is 11.4. The van der Waals surface area contributed by atoms with Gasteiger partial charge in [0.1, 0.15) is 0 Å². The molecule has 4 rings (SSSR count). The summed E-state index contributed by atoms with van der Waals surface area (Å²) >= 11 is 6.13. The number of amides is 1. The van der Waals surface area contributed by atoms with Gasteiger partial charge < -0.3 is 5.32 Å². The van der Waals surface area contributed by atoms with Crippen molar-refractivity contribution < 1.29 is 13.2 Å². The predicted molar refractivity (Wildman–Crippen MR) is 131 cm³/mol. The Morgan fingerprint density at radius 3 is 2.24 bits per heavy atom. The van der Waals surface area contributed by atoms with Gasteiger partial charge in [0.05, 0.1) is 5.75 Å². The summed E-state index contributed by atoms with van der Waals surface area (Å²) in [6, 6.07) is 15.4. The molecule has 6 nitrogen and oxygen atoms in total. The van der Waals surface area contributed by atoms with Gasteiger partial charge in [-0.15, -0.1) is 0 Å². The molecule has 0 bridgehead atoms. The van der Waals surface area contributed by atoms with E-state index in [1.54, 1.807) is 24.3 Å². The topological polar surface area (TPSA) is 69.7 Å². The summed E-state index contributed by atoms with van der Waals surface area (Å²) in [6.45, 7) is 4.56. The molecule has 2 aromatic rings. The van der Waals surface area contributed by atoms with Gasteiger partial charge in [-0.1, -0.05) is 54.1 Å². The number of rotatable bonds is 8. The lowest BCUT2D eigenvalue weighted by molar-refractivity contribution is -0.126. The molecule has 8 heteroatoms. The van der Waals surface area contributed by atoms with Crippen LogP contribution in [0.4, 0.5) is 0 Å². The van der Waals surface area contributed by atoms with Gasteiger partial charge in [-0.2, -0.15) is 0 Å². The Morgan fingerprint density at radius 2 is 1.58 bits per heavy atom. The summed E-state index contributed by atoms with van der Waals surface area (Å²) in [5, 5.41) is 3.49. The van der Waals surface area contributed by atoms with E-state index < -0.39 is 10.0 Å². The number of hydrogen-bond acceptors (Lipinski definition) is 4. The van der Waals surface area contributed by atoms with E-state index in [-0.39, 0.29) is 17.6 Å². The second-order valence-electron chi connectivity index (χ2n) is 9.04. The Kier molecular flexibility index (Phi) is 8.07. The Hall–Kier alpha value is -1.93. The van der Waals surface area contributed by atoms with Crippen LogP contribution in [0.1, 0.15) is 42.4 Å². The molecule has 0 radical (unpaired) electrons. The number of carbonyl (C=O) groups excluding carboxylic acids is 1. The van der Waals surface area contributed by atoms with Gasteiger partial charge >= 0.3 is 0 Å². The summed E-state index contributed by atoms with van der Waals surface area (Å²) in [7, 11) is -3.46. The molecule has 1 amide bonds. The number of hydrogen-bond donors (Lipinski definition) is 1. The highest BCUT2D eigenvalue weighted by Crippen LogP contribution is 2.24. The largest absolute Gasteiger partial charge is 0.352 e. The van der Waals surface area contributed by atoms with Crippen LogP contribution in [0, 0.1) is 5.92 Å². The maximum Gasteiger partial charge on any atom is 0.223 e. The fourth-order valence-corrected chi connectivity index (χ4v) is 6.47. The molecular weight excluding hydrogens is 458 g/mol.